The van der Waals surface area contributed by atoms with Gasteiger partial charge in [0.15, 0.2) is 6.29 Å². The van der Waals surface area contributed by atoms with Crippen molar-refractivity contribution in [2.45, 2.75) is 249 Å². The van der Waals surface area contributed by atoms with Crippen molar-refractivity contribution in [2.75, 3.05) is 26.4 Å². The molecule has 2 aliphatic rings. The van der Waals surface area contributed by atoms with Crippen LogP contribution in [-0.2, 0) is 23.8 Å². The Bertz CT molecular complexity index is 924. The number of rotatable bonds is 37. The summed E-state index contributed by atoms with van der Waals surface area (Å²) in [6, 6.07) is 0. The molecule has 0 aromatic rings. The number of aliphatic hydroxyl groups excluding tert-OH is 6. The van der Waals surface area contributed by atoms with Gasteiger partial charge in [-0.1, -0.05) is 180 Å². The van der Waals surface area contributed by atoms with E-state index in [1.807, 2.05) is 0 Å². The predicted octanol–water partition coefficient (Wildman–Crippen LogP) is 7.31. The first kappa shape index (κ1) is 52.2. The summed E-state index contributed by atoms with van der Waals surface area (Å²) in [5, 5.41) is 61.8. The van der Waals surface area contributed by atoms with Gasteiger partial charge in [-0.2, -0.15) is 0 Å². The van der Waals surface area contributed by atoms with E-state index in [4.69, 9.17) is 19.0 Å². The van der Waals surface area contributed by atoms with Crippen molar-refractivity contribution < 1.29 is 54.5 Å². The molecule has 0 radical (unpaired) electrons. The zero-order chi connectivity index (χ0) is 41.4. The average molecular weight is 818 g/mol. The molecule has 1 heterocycles. The van der Waals surface area contributed by atoms with Crippen LogP contribution < -0.4 is 5.48 Å². The van der Waals surface area contributed by atoms with E-state index in [0.717, 1.165) is 25.7 Å². The van der Waals surface area contributed by atoms with Gasteiger partial charge in [-0.05, 0) is 18.8 Å². The third-order valence-corrected chi connectivity index (χ3v) is 12.1. The molecule has 1 amide bonds. The molecule has 0 spiro atoms. The van der Waals surface area contributed by atoms with Crippen molar-refractivity contribution in [3.63, 3.8) is 0 Å². The van der Waals surface area contributed by atoms with Crippen molar-refractivity contribution in [2.24, 2.45) is 5.92 Å². The number of hydrogen-bond acceptors (Lipinski definition) is 11. The average Bonchev–Trinajstić information content (AvgIpc) is 3.22. The van der Waals surface area contributed by atoms with Gasteiger partial charge in [0.2, 0.25) is 5.91 Å². The van der Waals surface area contributed by atoms with Crippen LogP contribution in [0.3, 0.4) is 0 Å². The molecule has 0 aromatic heterocycles. The Morgan fingerprint density at radius 2 is 1.16 bits per heavy atom. The second-order valence-electron chi connectivity index (χ2n) is 17.2. The van der Waals surface area contributed by atoms with E-state index in [-0.39, 0.29) is 18.9 Å². The molecule has 338 valence electrons. The van der Waals surface area contributed by atoms with Crippen LogP contribution in [-0.4, -0.2) is 112 Å². The highest BCUT2D eigenvalue weighted by Crippen LogP contribution is 2.26. The highest BCUT2D eigenvalue weighted by molar-refractivity contribution is 5.74. The fourth-order valence-corrected chi connectivity index (χ4v) is 8.14. The maximum absolute atomic E-state index is 12.6. The molecule has 1 aliphatic carbocycles. The molecular formula is C45H87NO11. The molecule has 8 atom stereocenters. The van der Waals surface area contributed by atoms with Gasteiger partial charge in [0.1, 0.15) is 42.7 Å². The van der Waals surface area contributed by atoms with E-state index in [2.05, 4.69) is 12.4 Å². The second kappa shape index (κ2) is 34.7. The molecular weight excluding hydrogens is 730 g/mol. The Balaban J connectivity index is 1.55. The summed E-state index contributed by atoms with van der Waals surface area (Å²) >= 11 is 0. The van der Waals surface area contributed by atoms with Crippen molar-refractivity contribution in [1.82, 2.24) is 5.48 Å². The van der Waals surface area contributed by atoms with Crippen LogP contribution in [0.1, 0.15) is 200 Å². The van der Waals surface area contributed by atoms with Crippen LogP contribution in [0.5, 0.6) is 0 Å². The summed E-state index contributed by atoms with van der Waals surface area (Å²) in [5.74, 6) is 0.235. The molecule has 1 saturated heterocycles. The van der Waals surface area contributed by atoms with Crippen LogP contribution >= 0.6 is 0 Å². The molecule has 1 saturated carbocycles. The summed E-state index contributed by atoms with van der Waals surface area (Å²) < 4.78 is 16.7. The van der Waals surface area contributed by atoms with Crippen molar-refractivity contribution in [3.8, 4) is 0 Å². The molecule has 7 N–H and O–H groups in total. The third kappa shape index (κ3) is 24.8. The zero-order valence-electron chi connectivity index (χ0n) is 36.0. The fourth-order valence-electron chi connectivity index (χ4n) is 8.14. The lowest BCUT2D eigenvalue weighted by atomic mass is 9.87. The Labute approximate surface area is 346 Å². The number of unbranched alkanes of at least 4 members (excludes halogenated alkanes) is 22. The minimum atomic E-state index is -1.65. The molecule has 2 rings (SSSR count). The van der Waals surface area contributed by atoms with Crippen LogP contribution in [0.15, 0.2) is 0 Å². The maximum atomic E-state index is 12.6. The van der Waals surface area contributed by atoms with Gasteiger partial charge in [0, 0.05) is 13.0 Å². The number of nitrogens with one attached hydrogen (secondary N) is 1. The molecule has 12 heteroatoms. The predicted molar refractivity (Wildman–Crippen MR) is 223 cm³/mol. The van der Waals surface area contributed by atoms with E-state index in [9.17, 15) is 35.4 Å². The lowest BCUT2D eigenvalue weighted by molar-refractivity contribution is -0.309. The Kier molecular flexibility index (Phi) is 31.8. The molecule has 1 aliphatic heterocycles. The Morgan fingerprint density at radius 3 is 1.65 bits per heavy atom. The van der Waals surface area contributed by atoms with Gasteiger partial charge in [0.25, 0.3) is 0 Å². The molecule has 0 unspecified atom stereocenters. The molecule has 0 aromatic carbocycles. The number of aliphatic hydroxyl groups is 6. The lowest BCUT2D eigenvalue weighted by Crippen LogP contribution is -2.59. The first-order valence-electron chi connectivity index (χ1n) is 23.6. The number of hydrogen-bond donors (Lipinski definition) is 7. The van der Waals surface area contributed by atoms with Gasteiger partial charge < -0.3 is 44.8 Å². The fraction of sp³-hybridized carbons (Fsp3) is 0.978. The van der Waals surface area contributed by atoms with E-state index in [1.54, 1.807) is 0 Å². The minimum absolute atomic E-state index is 0.152. The summed E-state index contributed by atoms with van der Waals surface area (Å²) in [6.07, 6.45) is 25.5. The van der Waals surface area contributed by atoms with Gasteiger partial charge >= 0.3 is 0 Å². The van der Waals surface area contributed by atoms with Gasteiger partial charge in [-0.25, -0.2) is 5.48 Å². The number of hydroxylamine groups is 1. The van der Waals surface area contributed by atoms with Crippen LogP contribution in [0.25, 0.3) is 0 Å². The van der Waals surface area contributed by atoms with E-state index < -0.39 is 62.2 Å². The number of carbonyl (C=O) groups is 1. The summed E-state index contributed by atoms with van der Waals surface area (Å²) in [5.41, 5.74) is 2.37. The van der Waals surface area contributed by atoms with E-state index >= 15 is 0 Å². The van der Waals surface area contributed by atoms with Crippen LogP contribution in [0.4, 0.5) is 0 Å². The molecule has 0 bridgehead atoms. The number of carbonyl (C=O) groups excluding carboxylic acids is 1. The number of amides is 1. The quantitative estimate of drug-likeness (QED) is 0.0246. The molecule has 12 nitrogen and oxygen atoms in total. The normalized spacial score (nSPS) is 23.4. The highest BCUT2D eigenvalue weighted by atomic mass is 16.7. The minimum Gasteiger partial charge on any atom is -0.394 e. The standard InChI is InChI=1S/C45H87NO11/c1-2-3-4-5-6-7-8-9-10-11-12-13-14-15-16-17-18-19-20-21-22-23-27-30-40(49)46-57-39(35-55-45-44(53)43(52)42(51)38(33-47)56-45)41(50)37(48)34-54-32-31-36-28-25-24-26-29-36/h36-39,41-45,47-48,50-53H,2-35H2,1H3,(H,46,49)/t37-,38-,39+,41-,42+,43+,44-,45+/m1/s1. The summed E-state index contributed by atoms with van der Waals surface area (Å²) in [6.45, 7) is 1.50. The van der Waals surface area contributed by atoms with Gasteiger partial charge in [0.05, 0.1) is 19.8 Å². The largest absolute Gasteiger partial charge is 0.394 e. The monoisotopic (exact) mass is 818 g/mol. The topological polar surface area (TPSA) is 187 Å². The molecule has 57 heavy (non-hydrogen) atoms. The Morgan fingerprint density at radius 1 is 0.667 bits per heavy atom. The first-order chi connectivity index (χ1) is 27.8. The SMILES string of the molecule is CCCCCCCCCCCCCCCCCCCCCCCCCC(=O)NO[C@@H](CO[C@H]1O[C@H](CO)[C@H](O)[C@H](O)[C@H]1O)[C@H](O)[C@H](O)COCCC1CCCCC1. The lowest BCUT2D eigenvalue weighted by Gasteiger charge is -2.40. The van der Waals surface area contributed by atoms with Crippen molar-refractivity contribution in [1.29, 1.82) is 0 Å². The smallest absolute Gasteiger partial charge is 0.243 e. The summed E-state index contributed by atoms with van der Waals surface area (Å²) in [7, 11) is 0. The first-order valence-corrected chi connectivity index (χ1v) is 23.6. The maximum Gasteiger partial charge on any atom is 0.243 e. The van der Waals surface area contributed by atoms with Crippen LogP contribution in [0.2, 0.25) is 0 Å². The molecule has 2 fully saturated rings. The van der Waals surface area contributed by atoms with Crippen LogP contribution in [0, 0.1) is 5.92 Å². The Hall–Kier alpha value is -0.930. The third-order valence-electron chi connectivity index (χ3n) is 12.1. The van der Waals surface area contributed by atoms with Gasteiger partial charge in [-0.15, -0.1) is 0 Å². The van der Waals surface area contributed by atoms with E-state index in [1.165, 1.54) is 154 Å². The second-order valence-corrected chi connectivity index (χ2v) is 17.2. The van der Waals surface area contributed by atoms with Gasteiger partial charge in [-0.3, -0.25) is 9.63 Å². The van der Waals surface area contributed by atoms with Crippen molar-refractivity contribution >= 4 is 5.91 Å². The highest BCUT2D eigenvalue weighted by Gasteiger charge is 2.44. The zero-order valence-corrected chi connectivity index (χ0v) is 36.0. The number of ether oxygens (including phenoxy) is 3. The van der Waals surface area contributed by atoms with E-state index in [0.29, 0.717) is 18.9 Å². The summed E-state index contributed by atoms with van der Waals surface area (Å²) in [4.78, 5) is 18.2. The van der Waals surface area contributed by atoms with Crippen molar-refractivity contribution in [3.05, 3.63) is 0 Å².